The van der Waals surface area contributed by atoms with E-state index in [4.69, 9.17) is 9.73 Å². The summed E-state index contributed by atoms with van der Waals surface area (Å²) in [5.74, 6) is -0.736. The van der Waals surface area contributed by atoms with Crippen LogP contribution in [-0.2, 0) is 20.7 Å². The van der Waals surface area contributed by atoms with Gasteiger partial charge in [0.15, 0.2) is 5.17 Å². The summed E-state index contributed by atoms with van der Waals surface area (Å²) in [4.78, 5) is 48.4. The van der Waals surface area contributed by atoms with Crippen molar-refractivity contribution in [2.24, 2.45) is 4.99 Å². The van der Waals surface area contributed by atoms with Crippen LogP contribution in [0.25, 0.3) is 5.70 Å². The molecule has 1 N–H and O–H groups in total. The van der Waals surface area contributed by atoms with Crippen LogP contribution in [0.5, 0.6) is 0 Å². The van der Waals surface area contributed by atoms with Gasteiger partial charge < -0.3 is 15.0 Å². The Morgan fingerprint density at radius 3 is 2.51 bits per heavy atom. The lowest BCUT2D eigenvalue weighted by Crippen LogP contribution is -2.38. The number of nitrogens with zero attached hydrogens (tertiary/aromatic N) is 4. The molecule has 2 aliphatic heterocycles. The largest absolute Gasteiger partial charge is 0.463 e. The second-order valence-corrected chi connectivity index (χ2v) is 10.0. The lowest BCUT2D eigenvalue weighted by atomic mass is 9.91. The SMILES string of the molecule is CCOC(=O)C1=C(c2ccccc2)N=C2SC=C(CC(=O)NCCc3ccccn3)N2C1c1ccc([N+](=O)[O-])cc1. The van der Waals surface area contributed by atoms with Gasteiger partial charge >= 0.3 is 5.97 Å². The Hall–Kier alpha value is -4.77. The number of pyridine rings is 1. The number of carbonyl (C=O) groups is 2. The van der Waals surface area contributed by atoms with Crippen LogP contribution in [-0.4, -0.2) is 45.0 Å². The number of rotatable bonds is 10. The number of hydrogen-bond acceptors (Lipinski definition) is 9. The smallest absolute Gasteiger partial charge is 0.338 e. The molecule has 5 rings (SSSR count). The van der Waals surface area contributed by atoms with Gasteiger partial charge in [-0.1, -0.05) is 48.2 Å². The number of nitro benzene ring substituents is 1. The predicted octanol–water partition coefficient (Wildman–Crippen LogP) is 5.01. The van der Waals surface area contributed by atoms with Gasteiger partial charge in [0.2, 0.25) is 5.91 Å². The van der Waals surface area contributed by atoms with E-state index in [1.54, 1.807) is 25.3 Å². The number of amidine groups is 1. The molecule has 0 spiro atoms. The number of ether oxygens (including phenoxy) is 1. The highest BCUT2D eigenvalue weighted by molar-refractivity contribution is 8.16. The molecule has 0 aliphatic carbocycles. The number of benzene rings is 2. The predicted molar refractivity (Wildman–Crippen MR) is 156 cm³/mol. The minimum atomic E-state index is -0.722. The first-order valence-corrected chi connectivity index (χ1v) is 14.0. The highest BCUT2D eigenvalue weighted by Crippen LogP contribution is 2.47. The zero-order chi connectivity index (χ0) is 28.8. The van der Waals surface area contributed by atoms with Crippen LogP contribution in [0.1, 0.15) is 36.2 Å². The summed E-state index contributed by atoms with van der Waals surface area (Å²) < 4.78 is 5.49. The van der Waals surface area contributed by atoms with Gasteiger partial charge in [-0.05, 0) is 42.2 Å². The summed E-state index contributed by atoms with van der Waals surface area (Å²) >= 11 is 1.36. The highest BCUT2D eigenvalue weighted by Gasteiger charge is 2.42. The number of thioether (sulfide) groups is 1. The molecule has 3 heterocycles. The van der Waals surface area contributed by atoms with E-state index >= 15 is 0 Å². The van der Waals surface area contributed by atoms with Crippen molar-refractivity contribution in [1.29, 1.82) is 0 Å². The second-order valence-electron chi connectivity index (χ2n) is 9.19. The molecule has 0 saturated heterocycles. The van der Waals surface area contributed by atoms with Gasteiger partial charge in [0, 0.05) is 48.2 Å². The fraction of sp³-hybridized carbons (Fsp3) is 0.200. The van der Waals surface area contributed by atoms with Crippen molar-refractivity contribution in [1.82, 2.24) is 15.2 Å². The van der Waals surface area contributed by atoms with Crippen LogP contribution < -0.4 is 5.32 Å². The van der Waals surface area contributed by atoms with E-state index in [1.807, 2.05) is 58.8 Å². The molecule has 1 atom stereocenters. The number of hydrogen-bond donors (Lipinski definition) is 1. The number of fused-ring (bicyclic) bond motifs is 1. The topological polar surface area (TPSA) is 127 Å². The molecule has 11 heteroatoms. The van der Waals surface area contributed by atoms with Crippen LogP contribution in [0, 0.1) is 10.1 Å². The summed E-state index contributed by atoms with van der Waals surface area (Å²) in [6, 6.07) is 20.3. The minimum absolute atomic E-state index is 0.0501. The molecule has 2 aliphatic rings. The third-order valence-corrected chi connectivity index (χ3v) is 7.43. The van der Waals surface area contributed by atoms with Crippen LogP contribution in [0.15, 0.2) is 101 Å². The highest BCUT2D eigenvalue weighted by atomic mass is 32.2. The first kappa shape index (κ1) is 27.8. The second kappa shape index (κ2) is 12.6. The molecule has 1 aromatic heterocycles. The van der Waals surface area contributed by atoms with Crippen molar-refractivity contribution in [2.75, 3.05) is 13.2 Å². The maximum atomic E-state index is 13.5. The fourth-order valence-electron chi connectivity index (χ4n) is 4.69. The molecular formula is C30H27N5O5S. The van der Waals surface area contributed by atoms with Gasteiger partial charge in [-0.3, -0.25) is 19.9 Å². The molecule has 0 bridgehead atoms. The van der Waals surface area contributed by atoms with Crippen molar-refractivity contribution >= 4 is 40.2 Å². The summed E-state index contributed by atoms with van der Waals surface area (Å²) in [5, 5.41) is 16.7. The molecule has 0 fully saturated rings. The van der Waals surface area contributed by atoms with Gasteiger partial charge in [0.05, 0.1) is 35.3 Å². The van der Waals surface area contributed by atoms with Gasteiger partial charge in [-0.25, -0.2) is 9.79 Å². The standard InChI is InChI=1S/C30H27N5O5S/c1-2-40-29(37)26-27(20-8-4-3-5-9-20)33-30-34(28(26)21-11-13-23(14-12-21)35(38)39)24(19-41-30)18-25(36)32-17-15-22-10-6-7-16-31-22/h3-14,16,19,28H,2,15,17-18H2,1H3,(H,32,36). The van der Waals surface area contributed by atoms with Crippen molar-refractivity contribution in [3.8, 4) is 0 Å². The van der Waals surface area contributed by atoms with Crippen LogP contribution in [0.4, 0.5) is 5.69 Å². The number of aromatic nitrogens is 1. The third-order valence-electron chi connectivity index (χ3n) is 6.54. The summed E-state index contributed by atoms with van der Waals surface area (Å²) in [5.41, 5.74) is 3.58. The number of nitrogens with one attached hydrogen (secondary N) is 1. The van der Waals surface area contributed by atoms with E-state index in [9.17, 15) is 19.7 Å². The lowest BCUT2D eigenvalue weighted by molar-refractivity contribution is -0.384. The molecule has 208 valence electrons. The average Bonchev–Trinajstić information content (AvgIpc) is 3.39. The Morgan fingerprint density at radius 1 is 1.07 bits per heavy atom. The zero-order valence-corrected chi connectivity index (χ0v) is 23.0. The Bertz CT molecular complexity index is 1540. The summed E-state index contributed by atoms with van der Waals surface area (Å²) in [6.07, 6.45) is 2.36. The quantitative estimate of drug-likeness (QED) is 0.205. The maximum absolute atomic E-state index is 13.5. The third kappa shape index (κ3) is 6.20. The van der Waals surface area contributed by atoms with Gasteiger partial charge in [-0.2, -0.15) is 0 Å². The van der Waals surface area contributed by atoms with E-state index < -0.39 is 16.9 Å². The number of carbonyl (C=O) groups excluding carboxylic acids is 2. The molecule has 2 aromatic carbocycles. The fourth-order valence-corrected chi connectivity index (χ4v) is 5.60. The maximum Gasteiger partial charge on any atom is 0.338 e. The number of esters is 1. The lowest BCUT2D eigenvalue weighted by Gasteiger charge is -2.36. The Balaban J connectivity index is 1.49. The van der Waals surface area contributed by atoms with E-state index in [0.717, 1.165) is 11.3 Å². The van der Waals surface area contributed by atoms with Crippen molar-refractivity contribution in [3.05, 3.63) is 123 Å². The first-order valence-electron chi connectivity index (χ1n) is 13.1. The first-order chi connectivity index (χ1) is 20.0. The molecule has 1 unspecified atom stereocenters. The molecular weight excluding hydrogens is 542 g/mol. The van der Waals surface area contributed by atoms with Crippen molar-refractivity contribution in [2.45, 2.75) is 25.8 Å². The zero-order valence-electron chi connectivity index (χ0n) is 22.2. The average molecular weight is 570 g/mol. The Labute approximate surface area is 241 Å². The van der Waals surface area contributed by atoms with E-state index in [2.05, 4.69) is 10.3 Å². The van der Waals surface area contributed by atoms with Crippen LogP contribution >= 0.6 is 11.8 Å². The number of aliphatic imine (C=N–C) groups is 1. The normalized spacial score (nSPS) is 16.0. The van der Waals surface area contributed by atoms with Gasteiger partial charge in [-0.15, -0.1) is 0 Å². The number of non-ortho nitro benzene ring substituents is 1. The molecule has 10 nitrogen and oxygen atoms in total. The monoisotopic (exact) mass is 569 g/mol. The van der Waals surface area contributed by atoms with Gasteiger partial charge in [0.25, 0.3) is 5.69 Å². The van der Waals surface area contributed by atoms with Crippen molar-refractivity contribution in [3.63, 3.8) is 0 Å². The number of amides is 1. The van der Waals surface area contributed by atoms with E-state index in [0.29, 0.717) is 40.7 Å². The van der Waals surface area contributed by atoms with Crippen molar-refractivity contribution < 1.29 is 19.2 Å². The van der Waals surface area contributed by atoms with Crippen LogP contribution in [0.3, 0.4) is 0 Å². The van der Waals surface area contributed by atoms with E-state index in [-0.39, 0.29) is 24.6 Å². The Morgan fingerprint density at radius 2 is 1.83 bits per heavy atom. The molecule has 0 radical (unpaired) electrons. The molecule has 3 aromatic rings. The minimum Gasteiger partial charge on any atom is -0.463 e. The number of nitro groups is 1. The summed E-state index contributed by atoms with van der Waals surface area (Å²) in [6.45, 7) is 2.31. The summed E-state index contributed by atoms with van der Waals surface area (Å²) in [7, 11) is 0. The van der Waals surface area contributed by atoms with Crippen LogP contribution in [0.2, 0.25) is 0 Å². The molecule has 41 heavy (non-hydrogen) atoms. The Kier molecular flexibility index (Phi) is 8.54. The molecule has 0 saturated carbocycles. The molecule has 1 amide bonds. The van der Waals surface area contributed by atoms with E-state index in [1.165, 1.54) is 23.9 Å². The van der Waals surface area contributed by atoms with Gasteiger partial charge in [0.1, 0.15) is 0 Å².